The molecule has 2 aromatic carbocycles. The Balaban J connectivity index is 2.02. The summed E-state index contributed by atoms with van der Waals surface area (Å²) in [5.41, 5.74) is 3.66. The highest BCUT2D eigenvalue weighted by Crippen LogP contribution is 2.28. The average Bonchev–Trinajstić information content (AvgIpc) is 2.48. The molecule has 0 radical (unpaired) electrons. The van der Waals surface area contributed by atoms with Crippen molar-refractivity contribution in [3.05, 3.63) is 76.4 Å². The van der Waals surface area contributed by atoms with Gasteiger partial charge in [0.05, 0.1) is 11.6 Å². The molecule has 0 amide bonds. The minimum absolute atomic E-state index is 0.493. The molecular formula is C18H16ClNO. The van der Waals surface area contributed by atoms with Crippen molar-refractivity contribution in [1.82, 2.24) is 4.98 Å². The molecule has 1 heterocycles. The highest BCUT2D eigenvalue weighted by Gasteiger charge is 2.14. The van der Waals surface area contributed by atoms with Crippen LogP contribution in [0.2, 0.25) is 5.02 Å². The quantitative estimate of drug-likeness (QED) is 0.773. The van der Waals surface area contributed by atoms with Crippen LogP contribution in [-0.4, -0.2) is 10.1 Å². The van der Waals surface area contributed by atoms with Crippen LogP contribution in [0.1, 0.15) is 22.9 Å². The van der Waals surface area contributed by atoms with Gasteiger partial charge >= 0.3 is 0 Å². The van der Waals surface area contributed by atoms with Gasteiger partial charge in [-0.2, -0.15) is 0 Å². The second-order valence-electron chi connectivity index (χ2n) is 5.18. The molecule has 2 nitrogen and oxygen atoms in total. The maximum atomic E-state index is 10.6. The van der Waals surface area contributed by atoms with Crippen molar-refractivity contribution in [3.8, 4) is 0 Å². The number of nitrogens with zero attached hydrogens (tertiary/aromatic N) is 1. The molecule has 106 valence electrons. The fraction of sp³-hybridized carbons (Fsp3) is 0.167. The Morgan fingerprint density at radius 3 is 2.62 bits per heavy atom. The molecule has 0 aliphatic heterocycles. The van der Waals surface area contributed by atoms with Gasteiger partial charge in [-0.25, -0.2) is 0 Å². The van der Waals surface area contributed by atoms with Crippen molar-refractivity contribution in [2.75, 3.05) is 0 Å². The van der Waals surface area contributed by atoms with Crippen molar-refractivity contribution in [1.29, 1.82) is 0 Å². The standard InChI is InChI=1S/C18H16ClNO/c1-12-10-15(14-7-3-5-9-17(14)20-12)18(21)11-13-6-2-4-8-16(13)19/h2-10,18,21H,11H2,1H3. The van der Waals surface area contributed by atoms with Crippen LogP contribution in [0.25, 0.3) is 10.9 Å². The predicted octanol–water partition coefficient (Wildman–Crippen LogP) is 4.47. The predicted molar refractivity (Wildman–Crippen MR) is 86.6 cm³/mol. The highest BCUT2D eigenvalue weighted by atomic mass is 35.5. The van der Waals surface area contributed by atoms with Crippen molar-refractivity contribution in [2.24, 2.45) is 0 Å². The number of aliphatic hydroxyl groups is 1. The van der Waals surface area contributed by atoms with Gasteiger partial charge in [-0.15, -0.1) is 0 Å². The van der Waals surface area contributed by atoms with E-state index in [0.717, 1.165) is 27.7 Å². The van der Waals surface area contributed by atoms with Gasteiger partial charge in [0.25, 0.3) is 0 Å². The SMILES string of the molecule is Cc1cc(C(O)Cc2ccccc2Cl)c2ccccc2n1. The average molecular weight is 298 g/mol. The van der Waals surface area contributed by atoms with E-state index >= 15 is 0 Å². The van der Waals surface area contributed by atoms with E-state index in [0.29, 0.717) is 11.4 Å². The minimum atomic E-state index is -0.600. The Hall–Kier alpha value is -1.90. The van der Waals surface area contributed by atoms with E-state index < -0.39 is 6.10 Å². The summed E-state index contributed by atoms with van der Waals surface area (Å²) < 4.78 is 0. The second-order valence-corrected chi connectivity index (χ2v) is 5.59. The van der Waals surface area contributed by atoms with E-state index in [9.17, 15) is 5.11 Å². The Morgan fingerprint density at radius 1 is 1.10 bits per heavy atom. The second kappa shape index (κ2) is 5.84. The lowest BCUT2D eigenvalue weighted by molar-refractivity contribution is 0.180. The summed E-state index contributed by atoms with van der Waals surface area (Å²) in [5.74, 6) is 0. The summed E-state index contributed by atoms with van der Waals surface area (Å²) in [6, 6.07) is 17.4. The molecule has 1 N–H and O–H groups in total. The van der Waals surface area contributed by atoms with Crippen molar-refractivity contribution in [2.45, 2.75) is 19.4 Å². The number of aromatic nitrogens is 1. The molecule has 0 saturated heterocycles. The van der Waals surface area contributed by atoms with Crippen LogP contribution in [0.5, 0.6) is 0 Å². The monoisotopic (exact) mass is 297 g/mol. The largest absolute Gasteiger partial charge is 0.388 e. The van der Waals surface area contributed by atoms with Crippen LogP contribution in [0.15, 0.2) is 54.6 Å². The summed E-state index contributed by atoms with van der Waals surface area (Å²) in [6.07, 6.45) is -0.107. The first-order valence-corrected chi connectivity index (χ1v) is 7.30. The van der Waals surface area contributed by atoms with Gasteiger partial charge in [0, 0.05) is 22.5 Å². The molecule has 3 heteroatoms. The van der Waals surface area contributed by atoms with Crippen LogP contribution >= 0.6 is 11.6 Å². The summed E-state index contributed by atoms with van der Waals surface area (Å²) in [4.78, 5) is 4.51. The number of hydrogen-bond donors (Lipinski definition) is 1. The number of aliphatic hydroxyl groups excluding tert-OH is 1. The number of pyridine rings is 1. The lowest BCUT2D eigenvalue weighted by Gasteiger charge is -2.15. The Morgan fingerprint density at radius 2 is 1.81 bits per heavy atom. The summed E-state index contributed by atoms with van der Waals surface area (Å²) >= 11 is 6.18. The van der Waals surface area contributed by atoms with Gasteiger partial charge in [0.1, 0.15) is 0 Å². The van der Waals surface area contributed by atoms with Gasteiger partial charge in [0.2, 0.25) is 0 Å². The lowest BCUT2D eigenvalue weighted by Crippen LogP contribution is -2.04. The number of rotatable bonds is 3. The molecule has 0 spiro atoms. The third-order valence-corrected chi connectivity index (χ3v) is 3.98. The number of aryl methyl sites for hydroxylation is 1. The third kappa shape index (κ3) is 2.92. The van der Waals surface area contributed by atoms with E-state index in [-0.39, 0.29) is 0 Å². The molecule has 3 aromatic rings. The maximum Gasteiger partial charge on any atom is 0.0838 e. The summed E-state index contributed by atoms with van der Waals surface area (Å²) in [7, 11) is 0. The molecule has 1 atom stereocenters. The fourth-order valence-corrected chi connectivity index (χ4v) is 2.81. The van der Waals surface area contributed by atoms with Crippen LogP contribution < -0.4 is 0 Å². The zero-order chi connectivity index (χ0) is 14.8. The fourth-order valence-electron chi connectivity index (χ4n) is 2.60. The smallest absolute Gasteiger partial charge is 0.0838 e. The van der Waals surface area contributed by atoms with E-state index in [1.165, 1.54) is 0 Å². The normalized spacial score (nSPS) is 12.5. The van der Waals surface area contributed by atoms with Gasteiger partial charge < -0.3 is 5.11 Å². The van der Waals surface area contributed by atoms with Crippen molar-refractivity contribution in [3.63, 3.8) is 0 Å². The zero-order valence-electron chi connectivity index (χ0n) is 11.8. The summed E-state index contributed by atoms with van der Waals surface area (Å²) in [6.45, 7) is 1.94. The third-order valence-electron chi connectivity index (χ3n) is 3.61. The number of para-hydroxylation sites is 1. The molecule has 1 aromatic heterocycles. The first kappa shape index (κ1) is 14.1. The molecule has 0 bridgehead atoms. The van der Waals surface area contributed by atoms with E-state index in [2.05, 4.69) is 4.98 Å². The Labute approximate surface area is 129 Å². The van der Waals surface area contributed by atoms with Gasteiger partial charge in [0.15, 0.2) is 0 Å². The Kier molecular flexibility index (Phi) is 3.91. The molecule has 3 rings (SSSR count). The van der Waals surface area contributed by atoms with Crippen LogP contribution in [0.4, 0.5) is 0 Å². The first-order valence-electron chi connectivity index (χ1n) is 6.93. The van der Waals surface area contributed by atoms with Crippen molar-refractivity contribution >= 4 is 22.5 Å². The summed E-state index contributed by atoms with van der Waals surface area (Å²) in [5, 5.41) is 12.3. The van der Waals surface area contributed by atoms with Crippen LogP contribution in [0, 0.1) is 6.92 Å². The molecule has 1 unspecified atom stereocenters. The van der Waals surface area contributed by atoms with E-state index in [4.69, 9.17) is 11.6 Å². The zero-order valence-corrected chi connectivity index (χ0v) is 12.5. The molecule has 21 heavy (non-hydrogen) atoms. The van der Waals surface area contributed by atoms with Crippen molar-refractivity contribution < 1.29 is 5.11 Å². The van der Waals surface area contributed by atoms with Gasteiger partial charge in [-0.05, 0) is 36.2 Å². The number of hydrogen-bond acceptors (Lipinski definition) is 2. The molecule has 0 aliphatic carbocycles. The first-order chi connectivity index (χ1) is 10.1. The Bertz CT molecular complexity index is 785. The van der Waals surface area contributed by atoms with E-state index in [1.807, 2.05) is 61.5 Å². The number of halogens is 1. The van der Waals surface area contributed by atoms with Gasteiger partial charge in [-0.3, -0.25) is 4.98 Å². The number of fused-ring (bicyclic) bond motifs is 1. The molecule has 0 fully saturated rings. The molecule has 0 aliphatic rings. The molecule has 0 saturated carbocycles. The minimum Gasteiger partial charge on any atom is -0.388 e. The molecular weight excluding hydrogens is 282 g/mol. The topological polar surface area (TPSA) is 33.1 Å². The van der Waals surface area contributed by atoms with Gasteiger partial charge in [-0.1, -0.05) is 48.0 Å². The highest BCUT2D eigenvalue weighted by molar-refractivity contribution is 6.31. The maximum absolute atomic E-state index is 10.6. The van der Waals surface area contributed by atoms with Crippen LogP contribution in [0.3, 0.4) is 0 Å². The lowest BCUT2D eigenvalue weighted by atomic mass is 9.97. The van der Waals surface area contributed by atoms with E-state index in [1.54, 1.807) is 0 Å². The van der Waals surface area contributed by atoms with Crippen LogP contribution in [-0.2, 0) is 6.42 Å². The number of benzene rings is 2.